The topological polar surface area (TPSA) is 78.8 Å². The molecule has 0 radical (unpaired) electrons. The van der Waals surface area contributed by atoms with Gasteiger partial charge in [0.25, 0.3) is 0 Å². The molecule has 3 heterocycles. The molecule has 152 valence electrons. The predicted molar refractivity (Wildman–Crippen MR) is 111 cm³/mol. The summed E-state index contributed by atoms with van der Waals surface area (Å²) >= 11 is 0. The number of halogens is 2. The molecule has 7 nitrogen and oxygen atoms in total. The minimum atomic E-state index is 0. The van der Waals surface area contributed by atoms with Crippen LogP contribution in [-0.4, -0.2) is 57.5 Å². The summed E-state index contributed by atoms with van der Waals surface area (Å²) in [7, 11) is 1.85. The summed E-state index contributed by atoms with van der Waals surface area (Å²) < 4.78 is 1.76. The van der Waals surface area contributed by atoms with Gasteiger partial charge >= 0.3 is 0 Å². The summed E-state index contributed by atoms with van der Waals surface area (Å²) in [5, 5.41) is 15.2. The number of aryl methyl sites for hydroxylation is 2. The van der Waals surface area contributed by atoms with Crippen LogP contribution in [0.1, 0.15) is 41.4 Å². The Hall–Kier alpha value is -1.57. The summed E-state index contributed by atoms with van der Waals surface area (Å²) in [6.07, 6.45) is 5.09. The first-order chi connectivity index (χ1) is 12.0. The van der Waals surface area contributed by atoms with E-state index in [0.29, 0.717) is 19.0 Å². The molecule has 1 aliphatic rings. The van der Waals surface area contributed by atoms with Crippen molar-refractivity contribution in [3.05, 3.63) is 34.9 Å². The van der Waals surface area contributed by atoms with Gasteiger partial charge in [-0.1, -0.05) is 0 Å². The molecular weight excluding hydrogens is 387 g/mol. The number of rotatable bonds is 6. The van der Waals surface area contributed by atoms with Crippen LogP contribution in [0.3, 0.4) is 0 Å². The molecule has 2 aromatic rings. The maximum atomic E-state index is 12.5. The Balaban J connectivity index is 0.00000182. The number of likely N-dealkylation sites (N-methyl/N-ethyl adjacent to an activating group) is 1. The predicted octanol–water partition coefficient (Wildman–Crippen LogP) is 2.23. The monoisotopic (exact) mass is 416 g/mol. The standard InChI is InChI=1S/C18H28N6O.2ClH/c1-13-16(14(2)21-20-13)6-9-23(3)18(25)12-24-10-7-17(22-24)15-5-4-8-19-11-15;;/h7,10,15,19H,4-6,8-9,11-12H2,1-3H3,(H,20,21);2*1H. The number of aromatic nitrogens is 4. The van der Waals surface area contributed by atoms with Gasteiger partial charge in [0.2, 0.25) is 5.91 Å². The number of hydrogen-bond acceptors (Lipinski definition) is 4. The van der Waals surface area contributed by atoms with Gasteiger partial charge in [-0.15, -0.1) is 24.8 Å². The number of aromatic amines is 1. The number of H-pyrrole nitrogens is 1. The third-order valence-electron chi connectivity index (χ3n) is 5.08. The number of amides is 1. The van der Waals surface area contributed by atoms with Crippen molar-refractivity contribution in [3.8, 4) is 0 Å². The highest BCUT2D eigenvalue weighted by Crippen LogP contribution is 2.21. The van der Waals surface area contributed by atoms with E-state index < -0.39 is 0 Å². The van der Waals surface area contributed by atoms with Gasteiger partial charge in [-0.05, 0) is 51.3 Å². The second-order valence-corrected chi connectivity index (χ2v) is 6.96. The average Bonchev–Trinajstić information content (AvgIpc) is 3.21. The Bertz CT molecular complexity index is 704. The van der Waals surface area contributed by atoms with E-state index in [-0.39, 0.29) is 30.7 Å². The number of carbonyl (C=O) groups excluding carboxylic acids is 1. The fraction of sp³-hybridized carbons (Fsp3) is 0.611. The van der Waals surface area contributed by atoms with Crippen LogP contribution in [-0.2, 0) is 17.8 Å². The van der Waals surface area contributed by atoms with Crippen LogP contribution in [0.25, 0.3) is 0 Å². The zero-order chi connectivity index (χ0) is 17.8. The number of nitrogens with one attached hydrogen (secondary N) is 2. The quantitative estimate of drug-likeness (QED) is 0.756. The third-order valence-corrected chi connectivity index (χ3v) is 5.08. The van der Waals surface area contributed by atoms with Crippen molar-refractivity contribution >= 4 is 30.7 Å². The number of hydrogen-bond donors (Lipinski definition) is 2. The van der Waals surface area contributed by atoms with Gasteiger partial charge in [0.05, 0.1) is 11.4 Å². The summed E-state index contributed by atoms with van der Waals surface area (Å²) in [6, 6.07) is 2.04. The van der Waals surface area contributed by atoms with Crippen LogP contribution in [0.4, 0.5) is 0 Å². The summed E-state index contributed by atoms with van der Waals surface area (Å²) in [6.45, 7) is 7.06. The molecule has 0 aromatic carbocycles. The molecule has 27 heavy (non-hydrogen) atoms. The molecule has 1 unspecified atom stereocenters. The lowest BCUT2D eigenvalue weighted by atomic mass is 9.97. The van der Waals surface area contributed by atoms with Gasteiger partial charge < -0.3 is 10.2 Å². The minimum absolute atomic E-state index is 0. The fourth-order valence-corrected chi connectivity index (χ4v) is 3.39. The largest absolute Gasteiger partial charge is 0.344 e. The van der Waals surface area contributed by atoms with Crippen molar-refractivity contribution in [2.75, 3.05) is 26.7 Å². The maximum Gasteiger partial charge on any atom is 0.244 e. The van der Waals surface area contributed by atoms with Gasteiger partial charge in [0.15, 0.2) is 0 Å². The molecule has 0 aliphatic carbocycles. The molecule has 0 saturated carbocycles. The summed E-state index contributed by atoms with van der Waals surface area (Å²) in [5.41, 5.74) is 4.38. The molecule has 0 bridgehead atoms. The second kappa shape index (κ2) is 10.7. The second-order valence-electron chi connectivity index (χ2n) is 6.96. The van der Waals surface area contributed by atoms with E-state index in [9.17, 15) is 4.79 Å². The first-order valence-corrected chi connectivity index (χ1v) is 9.03. The average molecular weight is 417 g/mol. The Morgan fingerprint density at radius 1 is 1.37 bits per heavy atom. The van der Waals surface area contributed by atoms with Gasteiger partial charge in [0, 0.05) is 37.9 Å². The number of carbonyl (C=O) groups is 1. The van der Waals surface area contributed by atoms with E-state index in [0.717, 1.165) is 36.6 Å². The highest BCUT2D eigenvalue weighted by Gasteiger charge is 2.18. The van der Waals surface area contributed by atoms with E-state index >= 15 is 0 Å². The lowest BCUT2D eigenvalue weighted by molar-refractivity contribution is -0.130. The van der Waals surface area contributed by atoms with Crippen LogP contribution >= 0.6 is 24.8 Å². The van der Waals surface area contributed by atoms with Crippen LogP contribution < -0.4 is 5.32 Å². The molecule has 1 amide bonds. The third kappa shape index (κ3) is 5.96. The van der Waals surface area contributed by atoms with Gasteiger partial charge in [-0.2, -0.15) is 10.2 Å². The van der Waals surface area contributed by atoms with Crippen LogP contribution in [0, 0.1) is 13.8 Å². The van der Waals surface area contributed by atoms with Crippen molar-refractivity contribution in [1.82, 2.24) is 30.2 Å². The Labute approximate surface area is 173 Å². The SMILES string of the molecule is Cc1n[nH]c(C)c1CCN(C)C(=O)Cn1ccc(C2CCCNC2)n1.Cl.Cl. The zero-order valence-corrected chi connectivity index (χ0v) is 17.8. The molecule has 2 aromatic heterocycles. The number of piperidine rings is 1. The van der Waals surface area contributed by atoms with Crippen molar-refractivity contribution in [3.63, 3.8) is 0 Å². The van der Waals surface area contributed by atoms with Crippen LogP contribution in [0.2, 0.25) is 0 Å². The normalized spacial score (nSPS) is 16.3. The van der Waals surface area contributed by atoms with Gasteiger partial charge in [-0.25, -0.2) is 0 Å². The van der Waals surface area contributed by atoms with E-state index in [4.69, 9.17) is 0 Å². The van der Waals surface area contributed by atoms with Crippen molar-refractivity contribution in [2.24, 2.45) is 0 Å². The van der Waals surface area contributed by atoms with Crippen molar-refractivity contribution < 1.29 is 4.79 Å². The Kier molecular flexibility index (Phi) is 9.29. The van der Waals surface area contributed by atoms with Gasteiger partial charge in [-0.3, -0.25) is 14.6 Å². The lowest BCUT2D eigenvalue weighted by Gasteiger charge is -2.21. The van der Waals surface area contributed by atoms with Crippen molar-refractivity contribution in [1.29, 1.82) is 0 Å². The molecule has 0 spiro atoms. The van der Waals surface area contributed by atoms with Gasteiger partial charge in [0.1, 0.15) is 6.54 Å². The smallest absolute Gasteiger partial charge is 0.244 e. The first kappa shape index (κ1) is 23.5. The lowest BCUT2D eigenvalue weighted by Crippen LogP contribution is -2.32. The number of nitrogens with zero attached hydrogens (tertiary/aromatic N) is 4. The van der Waals surface area contributed by atoms with E-state index in [1.54, 1.807) is 9.58 Å². The summed E-state index contributed by atoms with van der Waals surface area (Å²) in [5.74, 6) is 0.546. The summed E-state index contributed by atoms with van der Waals surface area (Å²) in [4.78, 5) is 14.2. The Morgan fingerprint density at radius 2 is 2.15 bits per heavy atom. The van der Waals surface area contributed by atoms with Crippen LogP contribution in [0.15, 0.2) is 12.3 Å². The molecule has 2 N–H and O–H groups in total. The zero-order valence-electron chi connectivity index (χ0n) is 16.2. The van der Waals surface area contributed by atoms with E-state index in [2.05, 4.69) is 20.6 Å². The fourth-order valence-electron chi connectivity index (χ4n) is 3.39. The molecule has 1 atom stereocenters. The molecule has 1 aliphatic heterocycles. The maximum absolute atomic E-state index is 12.5. The van der Waals surface area contributed by atoms with Crippen LogP contribution in [0.5, 0.6) is 0 Å². The minimum Gasteiger partial charge on any atom is -0.344 e. The van der Waals surface area contributed by atoms with Crippen molar-refractivity contribution in [2.45, 2.75) is 45.6 Å². The molecule has 1 fully saturated rings. The first-order valence-electron chi connectivity index (χ1n) is 9.03. The highest BCUT2D eigenvalue weighted by molar-refractivity contribution is 5.85. The van der Waals surface area contributed by atoms with E-state index in [1.807, 2.05) is 33.2 Å². The molecule has 1 saturated heterocycles. The van der Waals surface area contributed by atoms with E-state index in [1.165, 1.54) is 18.4 Å². The molecule has 3 rings (SSSR count). The molecular formula is C18H30Cl2N6O. The molecule has 9 heteroatoms. The highest BCUT2D eigenvalue weighted by atomic mass is 35.5. The Morgan fingerprint density at radius 3 is 2.78 bits per heavy atom.